The Morgan fingerprint density at radius 2 is 1.90 bits per heavy atom. The van der Waals surface area contributed by atoms with Crippen molar-refractivity contribution in [2.45, 2.75) is 0 Å². The molecule has 1 N–H and O–H groups in total. The van der Waals surface area contributed by atoms with Crippen LogP contribution in [0.4, 0.5) is 14.9 Å². The number of imide groups is 1. The molecule has 1 aliphatic heterocycles. The fourth-order valence-corrected chi connectivity index (χ4v) is 3.88. The minimum Gasteiger partial charge on any atom is -0.457 e. The number of carbonyl (C=O) groups excluding carboxylic acids is 3. The van der Waals surface area contributed by atoms with Crippen molar-refractivity contribution < 1.29 is 23.2 Å². The quantitative estimate of drug-likeness (QED) is 0.519. The number of amides is 3. The van der Waals surface area contributed by atoms with Crippen LogP contribution >= 0.6 is 23.4 Å². The number of nitrogens with one attached hydrogen (secondary N) is 1. The molecule has 0 atom stereocenters. The number of hydrogen-bond donors (Lipinski definition) is 1. The number of carbonyl (C=O) groups is 3. The van der Waals surface area contributed by atoms with Crippen LogP contribution in [0, 0.1) is 5.82 Å². The molecule has 3 amide bonds. The first-order valence-corrected chi connectivity index (χ1v) is 10.2. The zero-order valence-corrected chi connectivity index (χ0v) is 17.4. The summed E-state index contributed by atoms with van der Waals surface area (Å²) >= 11 is 6.72. The van der Waals surface area contributed by atoms with Gasteiger partial charge in [-0.2, -0.15) is 0 Å². The normalized spacial score (nSPS) is 15.0. The summed E-state index contributed by atoms with van der Waals surface area (Å²) in [7, 11) is 0. The lowest BCUT2D eigenvalue weighted by atomic mass is 10.2. The highest BCUT2D eigenvalue weighted by molar-refractivity contribution is 8.18. The van der Waals surface area contributed by atoms with Gasteiger partial charge in [0.25, 0.3) is 11.1 Å². The van der Waals surface area contributed by atoms with Gasteiger partial charge in [0.05, 0.1) is 4.91 Å². The van der Waals surface area contributed by atoms with E-state index in [0.717, 1.165) is 22.2 Å². The Morgan fingerprint density at radius 3 is 2.65 bits per heavy atom. The van der Waals surface area contributed by atoms with E-state index in [9.17, 15) is 18.8 Å². The first kappa shape index (κ1) is 20.9. The second-order valence-corrected chi connectivity index (χ2v) is 7.96. The van der Waals surface area contributed by atoms with Crippen LogP contribution in [0.3, 0.4) is 0 Å². The Kier molecular flexibility index (Phi) is 5.92. The number of furan rings is 1. The molecule has 0 aliphatic carbocycles. The van der Waals surface area contributed by atoms with E-state index in [1.54, 1.807) is 30.3 Å². The smallest absolute Gasteiger partial charge is 0.294 e. The predicted octanol–water partition coefficient (Wildman–Crippen LogP) is 5.41. The first-order valence-electron chi connectivity index (χ1n) is 9.05. The largest absolute Gasteiger partial charge is 0.457 e. The van der Waals surface area contributed by atoms with E-state index in [0.29, 0.717) is 22.2 Å². The first-order chi connectivity index (χ1) is 14.9. The van der Waals surface area contributed by atoms with Gasteiger partial charge in [-0.05, 0) is 60.3 Å². The van der Waals surface area contributed by atoms with Crippen LogP contribution < -0.4 is 5.32 Å². The summed E-state index contributed by atoms with van der Waals surface area (Å²) < 4.78 is 18.7. The van der Waals surface area contributed by atoms with Gasteiger partial charge in [0.15, 0.2) is 0 Å². The van der Waals surface area contributed by atoms with Crippen LogP contribution in [0.2, 0.25) is 5.02 Å². The third-order valence-corrected chi connectivity index (χ3v) is 5.46. The second kappa shape index (κ2) is 8.79. The SMILES string of the molecule is O=C(CN1C(=O)S/C(=C\c2ccc(-c3cccc(Cl)c3)o2)C1=O)Nc1ccc(F)cc1. The molecule has 9 heteroatoms. The van der Waals surface area contributed by atoms with Gasteiger partial charge in [-0.1, -0.05) is 23.7 Å². The molecule has 4 rings (SSSR count). The fraction of sp³-hybridized carbons (Fsp3) is 0.0455. The highest BCUT2D eigenvalue weighted by Crippen LogP contribution is 2.33. The van der Waals surface area contributed by atoms with E-state index in [4.69, 9.17) is 16.0 Å². The summed E-state index contributed by atoms with van der Waals surface area (Å²) in [4.78, 5) is 38.0. The van der Waals surface area contributed by atoms with Crippen molar-refractivity contribution in [1.29, 1.82) is 0 Å². The summed E-state index contributed by atoms with van der Waals surface area (Å²) in [5.41, 5.74) is 1.13. The number of halogens is 2. The van der Waals surface area contributed by atoms with Crippen molar-refractivity contribution in [1.82, 2.24) is 4.90 Å². The molecule has 1 fully saturated rings. The molecule has 3 aromatic rings. The van der Waals surface area contributed by atoms with Crippen LogP contribution in [0.25, 0.3) is 17.4 Å². The van der Waals surface area contributed by atoms with Gasteiger partial charge in [0, 0.05) is 22.3 Å². The van der Waals surface area contributed by atoms with Crippen LogP contribution in [-0.2, 0) is 9.59 Å². The topological polar surface area (TPSA) is 79.6 Å². The van der Waals surface area contributed by atoms with Gasteiger partial charge < -0.3 is 9.73 Å². The van der Waals surface area contributed by atoms with Crippen molar-refractivity contribution >= 4 is 52.2 Å². The molecule has 2 heterocycles. The molecule has 0 spiro atoms. The summed E-state index contributed by atoms with van der Waals surface area (Å²) in [6.07, 6.45) is 1.46. The molecule has 0 unspecified atom stereocenters. The Hall–Kier alpha value is -3.36. The summed E-state index contributed by atoms with van der Waals surface area (Å²) in [6, 6.07) is 15.7. The van der Waals surface area contributed by atoms with Gasteiger partial charge in [0.1, 0.15) is 23.9 Å². The lowest BCUT2D eigenvalue weighted by molar-refractivity contribution is -0.127. The predicted molar refractivity (Wildman–Crippen MR) is 117 cm³/mol. The van der Waals surface area contributed by atoms with Gasteiger partial charge in [-0.3, -0.25) is 19.3 Å². The zero-order chi connectivity index (χ0) is 22.0. The maximum atomic E-state index is 13.0. The summed E-state index contributed by atoms with van der Waals surface area (Å²) in [5, 5.41) is 2.52. The Balaban J connectivity index is 1.45. The third kappa shape index (κ3) is 4.87. The highest BCUT2D eigenvalue weighted by Gasteiger charge is 2.36. The summed E-state index contributed by atoms with van der Waals surface area (Å²) in [6.45, 7) is -0.453. The zero-order valence-electron chi connectivity index (χ0n) is 15.8. The molecule has 0 radical (unpaired) electrons. The lowest BCUT2D eigenvalue weighted by Crippen LogP contribution is -2.36. The van der Waals surface area contributed by atoms with Gasteiger partial charge in [-0.15, -0.1) is 0 Å². The molecule has 2 aromatic carbocycles. The third-order valence-electron chi connectivity index (χ3n) is 4.31. The average molecular weight is 457 g/mol. The molecule has 0 bridgehead atoms. The Bertz CT molecular complexity index is 1210. The molecule has 0 saturated carbocycles. The standard InChI is InChI=1S/C22H14ClFN2O4S/c23-14-3-1-2-13(10-14)18-9-8-17(30-18)11-19-21(28)26(22(29)31-19)12-20(27)25-16-6-4-15(24)5-7-16/h1-11H,12H2,(H,25,27)/b19-11-. The molecular formula is C22H14ClFN2O4S. The van der Waals surface area contributed by atoms with Crippen LogP contribution in [-0.4, -0.2) is 28.5 Å². The van der Waals surface area contributed by atoms with Crippen molar-refractivity contribution in [3.63, 3.8) is 0 Å². The van der Waals surface area contributed by atoms with Crippen LogP contribution in [0.15, 0.2) is 70.0 Å². The number of rotatable bonds is 5. The van der Waals surface area contributed by atoms with E-state index in [-0.39, 0.29) is 4.91 Å². The number of anilines is 1. The van der Waals surface area contributed by atoms with E-state index >= 15 is 0 Å². The monoisotopic (exact) mass is 456 g/mol. The highest BCUT2D eigenvalue weighted by atomic mass is 35.5. The van der Waals surface area contributed by atoms with Gasteiger partial charge in [0.2, 0.25) is 5.91 Å². The van der Waals surface area contributed by atoms with Crippen LogP contribution in [0.1, 0.15) is 5.76 Å². The van der Waals surface area contributed by atoms with Gasteiger partial charge >= 0.3 is 0 Å². The molecule has 1 aliphatic rings. The molecule has 156 valence electrons. The number of hydrogen-bond acceptors (Lipinski definition) is 5. The number of benzene rings is 2. The van der Waals surface area contributed by atoms with Crippen molar-refractivity contribution in [2.75, 3.05) is 11.9 Å². The van der Waals surface area contributed by atoms with Crippen molar-refractivity contribution in [3.8, 4) is 11.3 Å². The molecule has 1 saturated heterocycles. The van der Waals surface area contributed by atoms with E-state index in [2.05, 4.69) is 5.32 Å². The van der Waals surface area contributed by atoms with Crippen LogP contribution in [0.5, 0.6) is 0 Å². The lowest BCUT2D eigenvalue weighted by Gasteiger charge is -2.12. The van der Waals surface area contributed by atoms with Crippen molar-refractivity contribution in [3.05, 3.63) is 82.2 Å². The number of nitrogens with zero attached hydrogens (tertiary/aromatic N) is 1. The van der Waals surface area contributed by atoms with Crippen molar-refractivity contribution in [2.24, 2.45) is 0 Å². The minimum atomic E-state index is -0.593. The fourth-order valence-electron chi connectivity index (χ4n) is 2.87. The molecular weight excluding hydrogens is 443 g/mol. The van der Waals surface area contributed by atoms with E-state index in [1.807, 2.05) is 6.07 Å². The molecule has 1 aromatic heterocycles. The Morgan fingerprint density at radius 1 is 1.13 bits per heavy atom. The van der Waals surface area contributed by atoms with E-state index in [1.165, 1.54) is 30.3 Å². The van der Waals surface area contributed by atoms with E-state index < -0.39 is 29.4 Å². The van der Waals surface area contributed by atoms with Gasteiger partial charge in [-0.25, -0.2) is 4.39 Å². The minimum absolute atomic E-state index is 0.145. The molecule has 31 heavy (non-hydrogen) atoms. The molecule has 6 nitrogen and oxygen atoms in total. The Labute approximate surface area is 185 Å². The second-order valence-electron chi connectivity index (χ2n) is 6.54. The average Bonchev–Trinajstić information content (AvgIpc) is 3.30. The number of thioether (sulfide) groups is 1. The summed E-state index contributed by atoms with van der Waals surface area (Å²) in [5.74, 6) is -0.658. The maximum Gasteiger partial charge on any atom is 0.294 e. The maximum absolute atomic E-state index is 13.0.